The van der Waals surface area contributed by atoms with Crippen molar-refractivity contribution >= 4 is 11.7 Å². The molecule has 0 spiro atoms. The number of Topliss-reactive ketones (excluding diaryl/α,β-unsaturated/α-hetero) is 1. The molecule has 1 amide bonds. The van der Waals surface area contributed by atoms with Crippen molar-refractivity contribution < 1.29 is 27.5 Å². The Balaban J connectivity index is 2.02. The smallest absolute Gasteiger partial charge is 0.406 e. The van der Waals surface area contributed by atoms with Crippen molar-refractivity contribution in [3.63, 3.8) is 0 Å². The minimum atomic E-state index is -4.75. The van der Waals surface area contributed by atoms with Crippen molar-refractivity contribution in [2.75, 3.05) is 13.1 Å². The number of hydrogen-bond acceptors (Lipinski definition) is 3. The number of ketones is 1. The van der Waals surface area contributed by atoms with Gasteiger partial charge >= 0.3 is 6.36 Å². The molecule has 0 bridgehead atoms. The summed E-state index contributed by atoms with van der Waals surface area (Å²) >= 11 is 0. The third-order valence-corrected chi connectivity index (χ3v) is 2.94. The molecule has 0 aliphatic carbocycles. The number of halogens is 3. The van der Waals surface area contributed by atoms with E-state index < -0.39 is 6.36 Å². The van der Waals surface area contributed by atoms with E-state index in [2.05, 4.69) is 4.74 Å². The molecule has 0 radical (unpaired) electrons. The van der Waals surface area contributed by atoms with Crippen LogP contribution in [0.15, 0.2) is 24.3 Å². The predicted molar refractivity (Wildman–Crippen MR) is 63.3 cm³/mol. The summed E-state index contributed by atoms with van der Waals surface area (Å²) in [6.07, 6.45) is -4.11. The van der Waals surface area contributed by atoms with Crippen LogP contribution in [0.25, 0.3) is 0 Å². The molecule has 0 saturated carbocycles. The van der Waals surface area contributed by atoms with E-state index in [-0.39, 0.29) is 23.0 Å². The highest BCUT2D eigenvalue weighted by Crippen LogP contribution is 2.23. The summed E-state index contributed by atoms with van der Waals surface area (Å²) in [6, 6.07) is 4.74. The Morgan fingerprint density at radius 3 is 2.15 bits per heavy atom. The molecule has 7 heteroatoms. The number of benzene rings is 1. The van der Waals surface area contributed by atoms with Crippen molar-refractivity contribution in [3.8, 4) is 5.75 Å². The Morgan fingerprint density at radius 1 is 1.10 bits per heavy atom. The molecule has 2 rings (SSSR count). The number of alkyl halides is 3. The molecular weight excluding hydrogens is 275 g/mol. The van der Waals surface area contributed by atoms with Gasteiger partial charge < -0.3 is 9.64 Å². The fourth-order valence-corrected chi connectivity index (χ4v) is 1.94. The van der Waals surface area contributed by atoms with E-state index >= 15 is 0 Å². The predicted octanol–water partition coefficient (Wildman–Crippen LogP) is 2.39. The SMILES string of the molecule is O=C1CCN(C(=O)c2ccc(OC(F)(F)F)cc2)CC1. The Kier molecular flexibility index (Phi) is 3.96. The van der Waals surface area contributed by atoms with Crippen molar-refractivity contribution in [3.05, 3.63) is 29.8 Å². The molecule has 0 aromatic heterocycles. The van der Waals surface area contributed by atoms with E-state index in [4.69, 9.17) is 0 Å². The average Bonchev–Trinajstić information content (AvgIpc) is 2.38. The second-order valence-electron chi connectivity index (χ2n) is 4.40. The van der Waals surface area contributed by atoms with Crippen molar-refractivity contribution in [1.29, 1.82) is 0 Å². The molecule has 0 atom stereocenters. The van der Waals surface area contributed by atoms with Crippen LogP contribution in [0, 0.1) is 0 Å². The quantitative estimate of drug-likeness (QED) is 0.839. The molecule has 1 fully saturated rings. The topological polar surface area (TPSA) is 46.6 Å². The van der Waals surface area contributed by atoms with Gasteiger partial charge in [0.15, 0.2) is 0 Å². The molecule has 0 N–H and O–H groups in total. The first-order valence-electron chi connectivity index (χ1n) is 6.02. The molecule has 1 heterocycles. The van der Waals surface area contributed by atoms with E-state index in [9.17, 15) is 22.8 Å². The van der Waals surface area contributed by atoms with Crippen LogP contribution < -0.4 is 4.74 Å². The molecule has 1 aromatic carbocycles. The summed E-state index contributed by atoms with van der Waals surface area (Å²) in [5.41, 5.74) is 0.272. The summed E-state index contributed by atoms with van der Waals surface area (Å²) in [4.78, 5) is 24.7. The van der Waals surface area contributed by atoms with Gasteiger partial charge in [-0.2, -0.15) is 0 Å². The van der Waals surface area contributed by atoms with Gasteiger partial charge in [0.05, 0.1) is 0 Å². The number of ether oxygens (including phenoxy) is 1. The standard InChI is InChI=1S/C13H12F3NO3/c14-13(15,16)20-11-3-1-9(2-4-11)12(19)17-7-5-10(18)6-8-17/h1-4H,5-8H2. The van der Waals surface area contributed by atoms with Gasteiger partial charge in [-0.25, -0.2) is 0 Å². The average molecular weight is 287 g/mol. The minimum Gasteiger partial charge on any atom is -0.406 e. The maximum Gasteiger partial charge on any atom is 0.573 e. The summed E-state index contributed by atoms with van der Waals surface area (Å²) in [6.45, 7) is 0.691. The number of carbonyl (C=O) groups excluding carboxylic acids is 2. The lowest BCUT2D eigenvalue weighted by molar-refractivity contribution is -0.274. The van der Waals surface area contributed by atoms with Gasteiger partial charge in [0, 0.05) is 31.5 Å². The van der Waals surface area contributed by atoms with E-state index in [0.717, 1.165) is 12.1 Å². The van der Waals surface area contributed by atoms with Crippen molar-refractivity contribution in [2.45, 2.75) is 19.2 Å². The third-order valence-electron chi connectivity index (χ3n) is 2.94. The maximum atomic E-state index is 12.1. The van der Waals surface area contributed by atoms with Gasteiger partial charge in [-0.3, -0.25) is 9.59 Å². The molecular formula is C13H12F3NO3. The van der Waals surface area contributed by atoms with Crippen LogP contribution in [0.3, 0.4) is 0 Å². The summed E-state index contributed by atoms with van der Waals surface area (Å²) in [7, 11) is 0. The lowest BCUT2D eigenvalue weighted by Gasteiger charge is -2.26. The first-order valence-corrected chi connectivity index (χ1v) is 6.02. The number of piperidine rings is 1. The van der Waals surface area contributed by atoms with Crippen LogP contribution in [-0.4, -0.2) is 36.0 Å². The van der Waals surface area contributed by atoms with Crippen LogP contribution in [0.1, 0.15) is 23.2 Å². The Morgan fingerprint density at radius 2 is 1.65 bits per heavy atom. The second kappa shape index (κ2) is 5.52. The fraction of sp³-hybridized carbons (Fsp3) is 0.385. The fourth-order valence-electron chi connectivity index (χ4n) is 1.94. The van der Waals surface area contributed by atoms with Gasteiger partial charge in [0.25, 0.3) is 5.91 Å². The molecule has 1 aliphatic rings. The highest BCUT2D eigenvalue weighted by molar-refractivity contribution is 5.95. The van der Waals surface area contributed by atoms with Crippen LogP contribution >= 0.6 is 0 Å². The zero-order valence-corrected chi connectivity index (χ0v) is 10.4. The highest BCUT2D eigenvalue weighted by Gasteiger charge is 2.31. The van der Waals surface area contributed by atoms with Crippen LogP contribution in [0.2, 0.25) is 0 Å². The Bertz CT molecular complexity index is 501. The summed E-state index contributed by atoms with van der Waals surface area (Å²) in [5.74, 6) is -0.554. The zero-order valence-electron chi connectivity index (χ0n) is 10.4. The van der Waals surface area contributed by atoms with Gasteiger partial charge in [0.1, 0.15) is 11.5 Å². The highest BCUT2D eigenvalue weighted by atomic mass is 19.4. The van der Waals surface area contributed by atoms with E-state index in [1.165, 1.54) is 17.0 Å². The number of rotatable bonds is 2. The number of nitrogens with zero attached hydrogens (tertiary/aromatic N) is 1. The van der Waals surface area contributed by atoms with Crippen LogP contribution in [-0.2, 0) is 4.79 Å². The molecule has 1 aromatic rings. The molecule has 0 unspecified atom stereocenters. The van der Waals surface area contributed by atoms with Gasteiger partial charge in [-0.1, -0.05) is 0 Å². The maximum absolute atomic E-state index is 12.1. The molecule has 1 saturated heterocycles. The Hall–Kier alpha value is -2.05. The van der Waals surface area contributed by atoms with Gasteiger partial charge in [-0.05, 0) is 24.3 Å². The number of amides is 1. The third kappa shape index (κ3) is 3.72. The van der Waals surface area contributed by atoms with E-state index in [1.807, 2.05) is 0 Å². The largest absolute Gasteiger partial charge is 0.573 e. The van der Waals surface area contributed by atoms with Crippen LogP contribution in [0.5, 0.6) is 5.75 Å². The normalized spacial score (nSPS) is 16.1. The van der Waals surface area contributed by atoms with E-state index in [0.29, 0.717) is 25.9 Å². The minimum absolute atomic E-state index is 0.114. The first kappa shape index (κ1) is 14.4. The molecule has 4 nitrogen and oxygen atoms in total. The van der Waals surface area contributed by atoms with E-state index in [1.54, 1.807) is 0 Å². The van der Waals surface area contributed by atoms with Crippen LogP contribution in [0.4, 0.5) is 13.2 Å². The second-order valence-corrected chi connectivity index (χ2v) is 4.40. The Labute approximate surface area is 113 Å². The monoisotopic (exact) mass is 287 g/mol. The van der Waals surface area contributed by atoms with Crippen molar-refractivity contribution in [2.24, 2.45) is 0 Å². The summed E-state index contributed by atoms with van der Waals surface area (Å²) < 4.78 is 39.7. The number of hydrogen-bond donors (Lipinski definition) is 0. The van der Waals surface area contributed by atoms with Crippen molar-refractivity contribution in [1.82, 2.24) is 4.90 Å². The summed E-state index contributed by atoms with van der Waals surface area (Å²) in [5, 5.41) is 0. The first-order chi connectivity index (χ1) is 9.35. The molecule has 20 heavy (non-hydrogen) atoms. The van der Waals surface area contributed by atoms with Gasteiger partial charge in [-0.15, -0.1) is 13.2 Å². The lowest BCUT2D eigenvalue weighted by Crippen LogP contribution is -2.38. The molecule has 108 valence electrons. The lowest BCUT2D eigenvalue weighted by atomic mass is 10.1. The van der Waals surface area contributed by atoms with Gasteiger partial charge in [0.2, 0.25) is 0 Å². The number of carbonyl (C=O) groups is 2. The zero-order chi connectivity index (χ0) is 14.8. The number of likely N-dealkylation sites (tertiary alicyclic amines) is 1. The molecule has 1 aliphatic heterocycles.